The first-order valence-electron chi connectivity index (χ1n) is 15.6. The molecule has 1 aliphatic heterocycles. The van der Waals surface area contributed by atoms with Gasteiger partial charge in [-0.25, -0.2) is 9.78 Å². The molecule has 0 fully saturated rings. The summed E-state index contributed by atoms with van der Waals surface area (Å²) in [5.41, 5.74) is 5.17. The number of aliphatic hydroxyl groups is 1. The van der Waals surface area contributed by atoms with Crippen LogP contribution in [0.25, 0.3) is 0 Å². The van der Waals surface area contributed by atoms with Crippen molar-refractivity contribution in [3.05, 3.63) is 129 Å². The minimum atomic E-state index is -0.541. The number of nitro benzene ring substituents is 1. The molecule has 3 heterocycles. The van der Waals surface area contributed by atoms with Crippen molar-refractivity contribution in [2.24, 2.45) is 0 Å². The topological polar surface area (TPSA) is 176 Å². The minimum Gasteiger partial charge on any atom is -0.486 e. The lowest BCUT2D eigenvalue weighted by molar-refractivity contribution is -0.385. The first-order valence-corrected chi connectivity index (χ1v) is 15.6. The number of carbonyl (C=O) groups excluding carboxylic acids is 2. The van der Waals surface area contributed by atoms with Gasteiger partial charge in [0.05, 0.1) is 35.6 Å². The summed E-state index contributed by atoms with van der Waals surface area (Å²) in [6, 6.07) is 22.3. The van der Waals surface area contributed by atoms with Gasteiger partial charge >= 0.3 is 11.7 Å². The molecule has 3 aromatic carbocycles. The number of carbonyl (C=O) groups is 2. The van der Waals surface area contributed by atoms with Gasteiger partial charge in [-0.3, -0.25) is 29.7 Å². The van der Waals surface area contributed by atoms with Crippen LogP contribution in [0.2, 0.25) is 0 Å². The lowest BCUT2D eigenvalue weighted by Gasteiger charge is -2.35. The van der Waals surface area contributed by atoms with E-state index in [4.69, 9.17) is 9.84 Å². The molecular formula is C36H36N8O6. The lowest BCUT2D eigenvalue weighted by atomic mass is 10.1. The molecule has 3 N–H and O–H groups in total. The van der Waals surface area contributed by atoms with Gasteiger partial charge in [0, 0.05) is 61.4 Å². The number of hydrogen-bond acceptors (Lipinski definition) is 10. The van der Waals surface area contributed by atoms with E-state index in [1.165, 1.54) is 23.1 Å². The van der Waals surface area contributed by atoms with E-state index in [1.54, 1.807) is 42.5 Å². The standard InChI is InChI=1S/C35H32N8O5.CH4O/c1-22-9-12-27(38-33(44)25-11-14-29(43(46)47)31(17-25)48-16-15-24-7-5-4-6-8-24)18-30(22)42-21-26-19-37-34(40-32(26)41(3)35(42)45)39-28-13-10-23(2)36-20-28;1-2/h4-14,17-20H,15-16,21H2,1-3H3,(H,38,44)(H,37,39,40);2H,1H3. The van der Waals surface area contributed by atoms with E-state index >= 15 is 0 Å². The zero-order valence-corrected chi connectivity index (χ0v) is 28.0. The predicted molar refractivity (Wildman–Crippen MR) is 190 cm³/mol. The van der Waals surface area contributed by atoms with E-state index in [1.807, 2.05) is 56.3 Å². The maximum atomic E-state index is 13.6. The highest BCUT2D eigenvalue weighted by Gasteiger charge is 2.32. The molecular weight excluding hydrogens is 640 g/mol. The molecule has 0 atom stereocenters. The number of anilines is 5. The van der Waals surface area contributed by atoms with Gasteiger partial charge in [0.25, 0.3) is 5.91 Å². The average molecular weight is 677 g/mol. The van der Waals surface area contributed by atoms with Crippen LogP contribution < -0.4 is 25.2 Å². The van der Waals surface area contributed by atoms with Crippen molar-refractivity contribution in [2.75, 3.05) is 41.2 Å². The molecule has 0 aliphatic carbocycles. The van der Waals surface area contributed by atoms with Crippen LogP contribution in [0.5, 0.6) is 5.75 Å². The molecule has 50 heavy (non-hydrogen) atoms. The lowest BCUT2D eigenvalue weighted by Crippen LogP contribution is -2.46. The van der Waals surface area contributed by atoms with Gasteiger partial charge in [-0.15, -0.1) is 0 Å². The average Bonchev–Trinajstić information content (AvgIpc) is 3.13. The number of fused-ring (bicyclic) bond motifs is 1. The molecule has 1 aliphatic rings. The molecule has 0 unspecified atom stereocenters. The molecule has 3 amide bonds. The Bertz CT molecular complexity index is 2010. The van der Waals surface area contributed by atoms with E-state index in [0.29, 0.717) is 29.6 Å². The van der Waals surface area contributed by atoms with Gasteiger partial charge in [-0.1, -0.05) is 36.4 Å². The first-order chi connectivity index (χ1) is 24.2. The molecule has 0 saturated carbocycles. The van der Waals surface area contributed by atoms with Crippen LogP contribution in [-0.4, -0.2) is 57.7 Å². The summed E-state index contributed by atoms with van der Waals surface area (Å²) in [4.78, 5) is 54.4. The number of urea groups is 1. The second-order valence-corrected chi connectivity index (χ2v) is 11.3. The van der Waals surface area contributed by atoms with E-state index in [9.17, 15) is 19.7 Å². The maximum Gasteiger partial charge on any atom is 0.330 e. The van der Waals surface area contributed by atoms with Crippen LogP contribution in [0.4, 0.5) is 39.3 Å². The fourth-order valence-electron chi connectivity index (χ4n) is 5.26. The first kappa shape index (κ1) is 34.9. The number of nitrogens with zero attached hydrogens (tertiary/aromatic N) is 6. The van der Waals surface area contributed by atoms with E-state index in [2.05, 4.69) is 25.6 Å². The Morgan fingerprint density at radius 3 is 2.46 bits per heavy atom. The maximum absolute atomic E-state index is 13.6. The summed E-state index contributed by atoms with van der Waals surface area (Å²) in [6.07, 6.45) is 3.91. The van der Waals surface area contributed by atoms with Gasteiger partial charge in [0.2, 0.25) is 5.95 Å². The van der Waals surface area contributed by atoms with Crippen molar-refractivity contribution in [2.45, 2.75) is 26.8 Å². The zero-order valence-electron chi connectivity index (χ0n) is 28.0. The Balaban J connectivity index is 0.00000239. The van der Waals surface area contributed by atoms with Crippen LogP contribution >= 0.6 is 0 Å². The Kier molecular flexibility index (Phi) is 10.9. The quantitative estimate of drug-likeness (QED) is 0.114. The Labute approximate surface area is 288 Å². The molecule has 14 heteroatoms. The normalized spacial score (nSPS) is 12.0. The van der Waals surface area contributed by atoms with Crippen molar-refractivity contribution < 1.29 is 24.4 Å². The number of rotatable bonds is 10. The fourth-order valence-corrected chi connectivity index (χ4v) is 5.26. The SMILES string of the molecule is CO.Cc1ccc(Nc2ncc3c(n2)N(C)C(=O)N(c2cc(NC(=O)c4ccc([N+](=O)[O-])c(OCCc5ccccc5)c4)ccc2C)C3)cn1. The summed E-state index contributed by atoms with van der Waals surface area (Å²) in [7, 11) is 2.65. The fraction of sp³-hybridized carbons (Fsp3) is 0.194. The number of nitro groups is 1. The largest absolute Gasteiger partial charge is 0.486 e. The molecule has 256 valence electrons. The van der Waals surface area contributed by atoms with Crippen molar-refractivity contribution >= 4 is 46.5 Å². The van der Waals surface area contributed by atoms with E-state index in [0.717, 1.165) is 35.2 Å². The van der Waals surface area contributed by atoms with Crippen LogP contribution in [0, 0.1) is 24.0 Å². The molecule has 0 bridgehead atoms. The number of aryl methyl sites for hydroxylation is 2. The van der Waals surface area contributed by atoms with Gasteiger partial charge in [-0.05, 0) is 55.3 Å². The summed E-state index contributed by atoms with van der Waals surface area (Å²) < 4.78 is 5.76. The zero-order chi connectivity index (χ0) is 35.8. The smallest absolute Gasteiger partial charge is 0.330 e. The Hall–Kier alpha value is -6.41. The molecule has 6 rings (SSSR count). The van der Waals surface area contributed by atoms with Crippen molar-refractivity contribution in [1.82, 2.24) is 15.0 Å². The van der Waals surface area contributed by atoms with Gasteiger partial charge in [-0.2, -0.15) is 4.98 Å². The number of hydrogen-bond donors (Lipinski definition) is 3. The van der Waals surface area contributed by atoms with Crippen LogP contribution in [-0.2, 0) is 13.0 Å². The minimum absolute atomic E-state index is 0.00454. The van der Waals surface area contributed by atoms with Gasteiger partial charge < -0.3 is 20.5 Å². The molecule has 0 saturated heterocycles. The van der Waals surface area contributed by atoms with E-state index in [-0.39, 0.29) is 36.2 Å². The summed E-state index contributed by atoms with van der Waals surface area (Å²) in [6.45, 7) is 4.19. The number of ether oxygens (including phenoxy) is 1. The Morgan fingerprint density at radius 2 is 1.74 bits per heavy atom. The number of aromatic nitrogens is 3. The summed E-state index contributed by atoms with van der Waals surface area (Å²) >= 11 is 0. The second kappa shape index (κ2) is 15.7. The molecule has 0 spiro atoms. The highest BCUT2D eigenvalue weighted by atomic mass is 16.6. The summed E-state index contributed by atoms with van der Waals surface area (Å²) in [5, 5.41) is 24.6. The van der Waals surface area contributed by atoms with E-state index < -0.39 is 10.8 Å². The third-order valence-electron chi connectivity index (χ3n) is 7.84. The molecule has 2 aromatic heterocycles. The monoisotopic (exact) mass is 676 g/mol. The molecule has 0 radical (unpaired) electrons. The van der Waals surface area contributed by atoms with Crippen molar-refractivity contribution in [1.29, 1.82) is 0 Å². The van der Waals surface area contributed by atoms with Gasteiger partial charge in [0.1, 0.15) is 5.82 Å². The molecule has 5 aromatic rings. The van der Waals surface area contributed by atoms with Crippen LogP contribution in [0.3, 0.4) is 0 Å². The van der Waals surface area contributed by atoms with Crippen LogP contribution in [0.1, 0.15) is 32.7 Å². The Morgan fingerprint density at radius 1 is 0.980 bits per heavy atom. The number of aliphatic hydroxyl groups excluding tert-OH is 1. The molecule has 14 nitrogen and oxygen atoms in total. The van der Waals surface area contributed by atoms with Crippen molar-refractivity contribution in [3.63, 3.8) is 0 Å². The predicted octanol–water partition coefficient (Wildman–Crippen LogP) is 6.20. The van der Waals surface area contributed by atoms with Crippen molar-refractivity contribution in [3.8, 4) is 5.75 Å². The number of benzene rings is 3. The third-order valence-corrected chi connectivity index (χ3v) is 7.84. The highest BCUT2D eigenvalue weighted by Crippen LogP contribution is 2.34. The highest BCUT2D eigenvalue weighted by molar-refractivity contribution is 6.07. The number of amides is 3. The second-order valence-electron chi connectivity index (χ2n) is 11.3. The summed E-state index contributed by atoms with van der Waals surface area (Å²) in [5.74, 6) is 0.336. The van der Waals surface area contributed by atoms with Gasteiger partial charge in [0.15, 0.2) is 5.75 Å². The number of nitrogens with one attached hydrogen (secondary N) is 2. The number of pyridine rings is 1. The third kappa shape index (κ3) is 7.99. The van der Waals surface area contributed by atoms with Crippen LogP contribution in [0.15, 0.2) is 91.3 Å².